The summed E-state index contributed by atoms with van der Waals surface area (Å²) in [5, 5.41) is 6.31. The molecule has 0 saturated carbocycles. The third kappa shape index (κ3) is 6.52. The number of carbonyl (C=O) groups excluding carboxylic acids is 1. The summed E-state index contributed by atoms with van der Waals surface area (Å²) in [5.74, 6) is 0.986. The van der Waals surface area contributed by atoms with Gasteiger partial charge in [-0.15, -0.1) is 0 Å². The van der Waals surface area contributed by atoms with Gasteiger partial charge in [0.25, 0.3) is 0 Å². The fourth-order valence-corrected chi connectivity index (χ4v) is 1.93. The molecule has 1 atom stereocenters. The van der Waals surface area contributed by atoms with E-state index in [4.69, 9.17) is 0 Å². The first-order valence-corrected chi connectivity index (χ1v) is 6.75. The summed E-state index contributed by atoms with van der Waals surface area (Å²) in [6, 6.07) is 9.99. The maximum atomic E-state index is 9.93. The minimum atomic E-state index is 0.425. The maximum absolute atomic E-state index is 9.93. The lowest BCUT2D eigenvalue weighted by Crippen LogP contribution is -2.15. The van der Waals surface area contributed by atoms with Gasteiger partial charge in [0.05, 0.1) is 6.54 Å². The Morgan fingerprint density at radius 1 is 1.39 bits per heavy atom. The molecule has 1 unspecified atom stereocenters. The van der Waals surface area contributed by atoms with Gasteiger partial charge in [0.15, 0.2) is 0 Å². The molecule has 1 fully saturated rings. The number of benzene rings is 1. The van der Waals surface area contributed by atoms with Crippen LogP contribution in [-0.4, -0.2) is 25.9 Å². The van der Waals surface area contributed by atoms with Crippen LogP contribution < -0.4 is 10.6 Å². The molecule has 0 bridgehead atoms. The highest BCUT2D eigenvalue weighted by atomic mass is 16.1. The van der Waals surface area contributed by atoms with E-state index in [0.29, 0.717) is 6.54 Å². The average molecular weight is 248 g/mol. The molecule has 2 rings (SSSR count). The molecule has 3 nitrogen and oxygen atoms in total. The Kier molecular flexibility index (Phi) is 8.10. The van der Waals surface area contributed by atoms with E-state index < -0.39 is 0 Å². The van der Waals surface area contributed by atoms with E-state index in [2.05, 4.69) is 17.6 Å². The maximum Gasteiger partial charge on any atom is 0.133 e. The van der Waals surface area contributed by atoms with Crippen molar-refractivity contribution in [1.82, 2.24) is 10.6 Å². The van der Waals surface area contributed by atoms with E-state index in [-0.39, 0.29) is 0 Å². The SMILES string of the molecule is CCC1CCNC1.O=CCNCc1ccccc1. The van der Waals surface area contributed by atoms with E-state index in [1.807, 2.05) is 30.3 Å². The van der Waals surface area contributed by atoms with Gasteiger partial charge in [0.1, 0.15) is 6.29 Å². The van der Waals surface area contributed by atoms with Crippen LogP contribution in [0, 0.1) is 5.92 Å². The Labute approximate surface area is 110 Å². The molecule has 0 radical (unpaired) electrons. The molecule has 3 heteroatoms. The first-order valence-electron chi connectivity index (χ1n) is 6.75. The predicted molar refractivity (Wildman–Crippen MR) is 75.5 cm³/mol. The van der Waals surface area contributed by atoms with Crippen LogP contribution >= 0.6 is 0 Å². The lowest BCUT2D eigenvalue weighted by atomic mass is 10.1. The number of hydrogen-bond donors (Lipinski definition) is 2. The average Bonchev–Trinajstić information content (AvgIpc) is 2.94. The van der Waals surface area contributed by atoms with Crippen LogP contribution in [0.5, 0.6) is 0 Å². The number of rotatable bonds is 5. The van der Waals surface area contributed by atoms with Crippen LogP contribution in [0.2, 0.25) is 0 Å². The largest absolute Gasteiger partial charge is 0.316 e. The van der Waals surface area contributed by atoms with Crippen molar-refractivity contribution >= 4 is 6.29 Å². The molecular formula is C15H24N2O. The molecule has 0 aliphatic carbocycles. The predicted octanol–water partition coefficient (Wildman–Crippen LogP) is 1.98. The van der Waals surface area contributed by atoms with Crippen molar-refractivity contribution in [3.63, 3.8) is 0 Å². The molecule has 2 N–H and O–H groups in total. The Bertz CT molecular complexity index is 308. The first-order chi connectivity index (χ1) is 8.86. The fraction of sp³-hybridized carbons (Fsp3) is 0.533. The summed E-state index contributed by atoms with van der Waals surface area (Å²) >= 11 is 0. The van der Waals surface area contributed by atoms with Crippen molar-refractivity contribution in [3.05, 3.63) is 35.9 Å². The van der Waals surface area contributed by atoms with Crippen LogP contribution in [0.3, 0.4) is 0 Å². The Balaban J connectivity index is 0.000000199. The van der Waals surface area contributed by atoms with Gasteiger partial charge in [0, 0.05) is 6.54 Å². The zero-order chi connectivity index (χ0) is 13.1. The highest BCUT2D eigenvalue weighted by Crippen LogP contribution is 2.09. The highest BCUT2D eigenvalue weighted by Gasteiger charge is 2.10. The van der Waals surface area contributed by atoms with Crippen LogP contribution in [0.4, 0.5) is 0 Å². The summed E-state index contributed by atoms with van der Waals surface area (Å²) in [4.78, 5) is 9.93. The molecule has 1 aliphatic heterocycles. The van der Waals surface area contributed by atoms with E-state index in [1.54, 1.807) is 0 Å². The van der Waals surface area contributed by atoms with Gasteiger partial charge in [-0.25, -0.2) is 0 Å². The molecule has 1 aromatic rings. The lowest BCUT2D eigenvalue weighted by Gasteiger charge is -1.98. The van der Waals surface area contributed by atoms with Gasteiger partial charge in [-0.05, 0) is 31.0 Å². The summed E-state index contributed by atoms with van der Waals surface area (Å²) < 4.78 is 0. The zero-order valence-corrected chi connectivity index (χ0v) is 11.2. The van der Waals surface area contributed by atoms with Gasteiger partial charge in [0.2, 0.25) is 0 Å². The fourth-order valence-electron chi connectivity index (χ4n) is 1.93. The van der Waals surface area contributed by atoms with Gasteiger partial charge < -0.3 is 15.4 Å². The minimum Gasteiger partial charge on any atom is -0.316 e. The molecule has 1 aromatic carbocycles. The van der Waals surface area contributed by atoms with Gasteiger partial charge in [-0.1, -0.05) is 43.7 Å². The Morgan fingerprint density at radius 3 is 2.67 bits per heavy atom. The van der Waals surface area contributed by atoms with Crippen LogP contribution in [0.15, 0.2) is 30.3 Å². The summed E-state index contributed by atoms with van der Waals surface area (Å²) in [6.45, 7) is 5.96. The van der Waals surface area contributed by atoms with E-state index in [1.165, 1.54) is 31.5 Å². The molecule has 0 aromatic heterocycles. The quantitative estimate of drug-likeness (QED) is 0.618. The third-order valence-electron chi connectivity index (χ3n) is 3.14. The topological polar surface area (TPSA) is 41.1 Å². The number of carbonyl (C=O) groups is 1. The monoisotopic (exact) mass is 248 g/mol. The molecule has 1 heterocycles. The van der Waals surface area contributed by atoms with Crippen molar-refractivity contribution in [2.75, 3.05) is 19.6 Å². The normalized spacial score (nSPS) is 17.9. The van der Waals surface area contributed by atoms with Gasteiger partial charge >= 0.3 is 0 Å². The van der Waals surface area contributed by atoms with E-state index >= 15 is 0 Å². The Morgan fingerprint density at radius 2 is 2.17 bits per heavy atom. The first kappa shape index (κ1) is 14.9. The number of aldehydes is 1. The smallest absolute Gasteiger partial charge is 0.133 e. The molecule has 1 aliphatic rings. The zero-order valence-electron chi connectivity index (χ0n) is 11.2. The molecule has 0 amide bonds. The molecular weight excluding hydrogens is 224 g/mol. The molecule has 0 spiro atoms. The van der Waals surface area contributed by atoms with E-state index in [0.717, 1.165) is 18.7 Å². The standard InChI is InChI=1S/C9H11NO.C6H13N/c11-7-6-10-8-9-4-2-1-3-5-9;1-2-6-3-4-7-5-6/h1-5,7,10H,6,8H2;6-7H,2-5H2,1H3. The van der Waals surface area contributed by atoms with Crippen molar-refractivity contribution in [2.24, 2.45) is 5.92 Å². The van der Waals surface area contributed by atoms with Crippen molar-refractivity contribution in [2.45, 2.75) is 26.3 Å². The second-order valence-corrected chi connectivity index (χ2v) is 4.55. The Hall–Kier alpha value is -1.19. The van der Waals surface area contributed by atoms with Crippen molar-refractivity contribution < 1.29 is 4.79 Å². The highest BCUT2D eigenvalue weighted by molar-refractivity contribution is 5.51. The van der Waals surface area contributed by atoms with E-state index in [9.17, 15) is 4.79 Å². The van der Waals surface area contributed by atoms with Crippen LogP contribution in [-0.2, 0) is 11.3 Å². The van der Waals surface area contributed by atoms with Crippen LogP contribution in [0.1, 0.15) is 25.3 Å². The van der Waals surface area contributed by atoms with Gasteiger partial charge in [-0.2, -0.15) is 0 Å². The number of hydrogen-bond acceptors (Lipinski definition) is 3. The summed E-state index contributed by atoms with van der Waals surface area (Å²) in [5.41, 5.74) is 1.20. The number of nitrogens with one attached hydrogen (secondary N) is 2. The second-order valence-electron chi connectivity index (χ2n) is 4.55. The van der Waals surface area contributed by atoms with Crippen molar-refractivity contribution in [1.29, 1.82) is 0 Å². The van der Waals surface area contributed by atoms with Crippen molar-refractivity contribution in [3.8, 4) is 0 Å². The van der Waals surface area contributed by atoms with Crippen LogP contribution in [0.25, 0.3) is 0 Å². The molecule has 18 heavy (non-hydrogen) atoms. The minimum absolute atomic E-state index is 0.425. The third-order valence-corrected chi connectivity index (χ3v) is 3.14. The van der Waals surface area contributed by atoms with Gasteiger partial charge in [-0.3, -0.25) is 0 Å². The second kappa shape index (κ2) is 9.80. The lowest BCUT2D eigenvalue weighted by molar-refractivity contribution is -0.107. The molecule has 100 valence electrons. The molecule has 1 saturated heterocycles. The summed E-state index contributed by atoms with van der Waals surface area (Å²) in [7, 11) is 0. The summed E-state index contributed by atoms with van der Waals surface area (Å²) in [6.07, 6.45) is 3.62.